The maximum Gasteiger partial charge on any atom is 0.0557 e. The topological polar surface area (TPSA) is 41.1 Å². The van der Waals surface area contributed by atoms with E-state index in [-0.39, 0.29) is 0 Å². The molecule has 22 heavy (non-hydrogen) atoms. The molecule has 1 saturated heterocycles. The summed E-state index contributed by atoms with van der Waals surface area (Å²) in [5.74, 6) is 0. The first kappa shape index (κ1) is 26.0. The first-order valence-electron chi connectivity index (χ1n) is 8.76. The molecule has 4 nitrogen and oxygen atoms in total. The van der Waals surface area contributed by atoms with Gasteiger partial charge in [-0.3, -0.25) is 5.10 Å². The van der Waals surface area contributed by atoms with Crippen molar-refractivity contribution in [2.24, 2.45) is 5.41 Å². The molecule has 1 aromatic heterocycles. The maximum atomic E-state index is 5.20. The molecule has 0 amide bonds. The molecule has 4 heteroatoms. The van der Waals surface area contributed by atoms with Crippen molar-refractivity contribution in [2.45, 2.75) is 61.8 Å². The van der Waals surface area contributed by atoms with Crippen LogP contribution in [0.1, 0.15) is 60.5 Å². The van der Waals surface area contributed by atoms with Gasteiger partial charge in [-0.05, 0) is 33.0 Å². The van der Waals surface area contributed by atoms with Crippen LogP contribution in [-0.4, -0.2) is 49.0 Å². The lowest BCUT2D eigenvalue weighted by atomic mass is 9.83. The summed E-state index contributed by atoms with van der Waals surface area (Å²) in [6, 6.07) is 0. The van der Waals surface area contributed by atoms with Crippen LogP contribution in [0.4, 0.5) is 0 Å². The SMILES string of the molecule is CC.CC.CC.CCC1(CN(C)C)COC1.Cc1cn[nH]c1. The molecule has 1 N–H and O–H groups in total. The molecule has 134 valence electrons. The Balaban J connectivity index is -0.000000258. The lowest BCUT2D eigenvalue weighted by Gasteiger charge is -2.42. The molecule has 0 unspecified atom stereocenters. The van der Waals surface area contributed by atoms with Gasteiger partial charge in [-0.15, -0.1) is 0 Å². The van der Waals surface area contributed by atoms with Crippen molar-refractivity contribution in [1.82, 2.24) is 15.1 Å². The zero-order chi connectivity index (χ0) is 18.0. The van der Waals surface area contributed by atoms with Crippen LogP contribution in [0.5, 0.6) is 0 Å². The Morgan fingerprint density at radius 1 is 1.14 bits per heavy atom. The van der Waals surface area contributed by atoms with Crippen LogP contribution in [0.2, 0.25) is 0 Å². The number of rotatable bonds is 3. The lowest BCUT2D eigenvalue weighted by Crippen LogP contribution is -2.48. The zero-order valence-corrected chi connectivity index (χ0v) is 16.8. The van der Waals surface area contributed by atoms with Gasteiger partial charge < -0.3 is 9.64 Å². The van der Waals surface area contributed by atoms with Gasteiger partial charge in [0.05, 0.1) is 19.4 Å². The van der Waals surface area contributed by atoms with Crippen LogP contribution in [0.15, 0.2) is 12.4 Å². The van der Waals surface area contributed by atoms with Crippen molar-refractivity contribution in [3.05, 3.63) is 18.0 Å². The molecule has 0 radical (unpaired) electrons. The molecule has 0 saturated carbocycles. The summed E-state index contributed by atoms with van der Waals surface area (Å²) in [5, 5.41) is 6.38. The fourth-order valence-electron chi connectivity index (χ4n) is 1.78. The third-order valence-electron chi connectivity index (χ3n) is 2.85. The summed E-state index contributed by atoms with van der Waals surface area (Å²) < 4.78 is 5.20. The van der Waals surface area contributed by atoms with Gasteiger partial charge in [0.15, 0.2) is 0 Å². The fraction of sp³-hybridized carbons (Fsp3) is 0.833. The van der Waals surface area contributed by atoms with E-state index in [0.717, 1.165) is 13.2 Å². The van der Waals surface area contributed by atoms with E-state index >= 15 is 0 Å². The number of aromatic nitrogens is 2. The van der Waals surface area contributed by atoms with Crippen molar-refractivity contribution in [3.63, 3.8) is 0 Å². The highest BCUT2D eigenvalue weighted by atomic mass is 16.5. The molecule has 1 aliphatic heterocycles. The predicted molar refractivity (Wildman–Crippen MR) is 99.5 cm³/mol. The van der Waals surface area contributed by atoms with Gasteiger partial charge >= 0.3 is 0 Å². The first-order chi connectivity index (χ1) is 10.6. The van der Waals surface area contributed by atoms with Gasteiger partial charge in [0, 0.05) is 18.2 Å². The Morgan fingerprint density at radius 3 is 1.73 bits per heavy atom. The summed E-state index contributed by atoms with van der Waals surface area (Å²) in [7, 11) is 4.24. The summed E-state index contributed by atoms with van der Waals surface area (Å²) in [5.41, 5.74) is 1.67. The number of H-pyrrole nitrogens is 1. The number of aryl methyl sites for hydroxylation is 1. The van der Waals surface area contributed by atoms with Gasteiger partial charge in [0.25, 0.3) is 0 Å². The second-order valence-corrected chi connectivity index (χ2v) is 4.86. The van der Waals surface area contributed by atoms with Gasteiger partial charge in [-0.25, -0.2) is 0 Å². The Labute approximate surface area is 139 Å². The third kappa shape index (κ3) is 12.8. The van der Waals surface area contributed by atoms with Crippen LogP contribution in [0.25, 0.3) is 0 Å². The lowest BCUT2D eigenvalue weighted by molar-refractivity contribution is -0.123. The van der Waals surface area contributed by atoms with E-state index in [1.165, 1.54) is 18.5 Å². The summed E-state index contributed by atoms with van der Waals surface area (Å²) in [6.07, 6.45) is 4.87. The highest BCUT2D eigenvalue weighted by molar-refractivity contribution is 4.96. The highest BCUT2D eigenvalue weighted by Crippen LogP contribution is 2.31. The second-order valence-electron chi connectivity index (χ2n) is 4.86. The molecule has 1 aliphatic rings. The average molecular weight is 316 g/mol. The normalized spacial score (nSPS) is 13.6. The van der Waals surface area contributed by atoms with Crippen molar-refractivity contribution in [3.8, 4) is 0 Å². The molecule has 0 bridgehead atoms. The van der Waals surface area contributed by atoms with Crippen molar-refractivity contribution in [2.75, 3.05) is 33.9 Å². The molecule has 0 aromatic carbocycles. The molecule has 1 aromatic rings. The molecule has 2 rings (SSSR count). The van der Waals surface area contributed by atoms with E-state index in [1.807, 2.05) is 54.7 Å². The van der Waals surface area contributed by atoms with Crippen molar-refractivity contribution >= 4 is 0 Å². The number of ether oxygens (including phenoxy) is 1. The second kappa shape index (κ2) is 18.2. The molecule has 1 fully saturated rings. The van der Waals surface area contributed by atoms with Gasteiger partial charge in [-0.1, -0.05) is 48.5 Å². The molecule has 2 heterocycles. The first-order valence-corrected chi connectivity index (χ1v) is 8.76. The Kier molecular flexibility index (Phi) is 21.5. The maximum absolute atomic E-state index is 5.20. The Morgan fingerprint density at radius 2 is 1.64 bits per heavy atom. The molecular formula is C18H41N3O. The minimum Gasteiger partial charge on any atom is -0.380 e. The predicted octanol–water partition coefficient (Wildman–Crippen LogP) is 4.77. The average Bonchev–Trinajstić information content (AvgIpc) is 3.01. The number of nitrogens with one attached hydrogen (secondary N) is 1. The Bertz CT molecular complexity index is 275. The number of aromatic amines is 1. The molecule has 0 aliphatic carbocycles. The van der Waals surface area contributed by atoms with E-state index in [0.29, 0.717) is 5.41 Å². The van der Waals surface area contributed by atoms with E-state index in [2.05, 4.69) is 36.1 Å². The monoisotopic (exact) mass is 315 g/mol. The molecule has 0 atom stereocenters. The summed E-state index contributed by atoms with van der Waals surface area (Å²) in [6.45, 7) is 19.3. The van der Waals surface area contributed by atoms with E-state index in [1.54, 1.807) is 6.20 Å². The van der Waals surface area contributed by atoms with Crippen LogP contribution in [0, 0.1) is 12.3 Å². The van der Waals surface area contributed by atoms with Crippen LogP contribution >= 0.6 is 0 Å². The van der Waals surface area contributed by atoms with Gasteiger partial charge in [0.1, 0.15) is 0 Å². The third-order valence-corrected chi connectivity index (χ3v) is 2.85. The largest absolute Gasteiger partial charge is 0.380 e. The van der Waals surface area contributed by atoms with E-state index < -0.39 is 0 Å². The van der Waals surface area contributed by atoms with Crippen molar-refractivity contribution in [1.29, 1.82) is 0 Å². The highest BCUT2D eigenvalue weighted by Gasteiger charge is 2.36. The summed E-state index contributed by atoms with van der Waals surface area (Å²) >= 11 is 0. The number of nitrogens with zero attached hydrogens (tertiary/aromatic N) is 2. The van der Waals surface area contributed by atoms with Crippen LogP contribution < -0.4 is 0 Å². The standard InChI is InChI=1S/C8H17NO.C4H6N2.3C2H6/c1-4-8(5-9(2)3)6-10-7-8;1-4-2-5-6-3-4;3*1-2/h4-7H2,1-3H3;2-3H,1H3,(H,5,6);3*1-2H3. The van der Waals surface area contributed by atoms with E-state index in [9.17, 15) is 0 Å². The quantitative estimate of drug-likeness (QED) is 0.873. The number of hydrogen-bond donors (Lipinski definition) is 1. The molecular weight excluding hydrogens is 274 g/mol. The number of hydrogen-bond acceptors (Lipinski definition) is 3. The van der Waals surface area contributed by atoms with Crippen LogP contribution in [-0.2, 0) is 4.74 Å². The summed E-state index contributed by atoms with van der Waals surface area (Å²) in [4.78, 5) is 2.24. The molecule has 0 spiro atoms. The zero-order valence-electron chi connectivity index (χ0n) is 16.8. The minimum atomic E-state index is 0.490. The van der Waals surface area contributed by atoms with Crippen LogP contribution in [0.3, 0.4) is 0 Å². The van der Waals surface area contributed by atoms with Gasteiger partial charge in [0.2, 0.25) is 0 Å². The minimum absolute atomic E-state index is 0.490. The van der Waals surface area contributed by atoms with Gasteiger partial charge in [-0.2, -0.15) is 5.10 Å². The van der Waals surface area contributed by atoms with E-state index in [4.69, 9.17) is 4.74 Å². The Hall–Kier alpha value is -0.870. The van der Waals surface area contributed by atoms with Crippen molar-refractivity contribution < 1.29 is 4.74 Å². The smallest absolute Gasteiger partial charge is 0.0557 e. The fourth-order valence-corrected chi connectivity index (χ4v) is 1.78.